The van der Waals surface area contributed by atoms with Crippen LogP contribution in [0.1, 0.15) is 241 Å². The van der Waals surface area contributed by atoms with E-state index in [1.807, 2.05) is 115 Å². The molecule has 7 aromatic heterocycles. The molecule has 746 valence electrons. The van der Waals surface area contributed by atoms with E-state index in [9.17, 15) is 35.7 Å². The average molecular weight is 1960 g/mol. The monoisotopic (exact) mass is 1960 g/mol. The smallest absolute Gasteiger partial charge is 0.116 e. The summed E-state index contributed by atoms with van der Waals surface area (Å²) in [5.74, 6) is 4.00. The number of nitrogens with two attached hydrogens (primary N) is 1. The number of nitrogen functional groups attached to an aromatic ring is 1. The summed E-state index contributed by atoms with van der Waals surface area (Å²) in [5, 5.41) is 86.4. The van der Waals surface area contributed by atoms with E-state index < -0.39 is 6.10 Å². The summed E-state index contributed by atoms with van der Waals surface area (Å²) < 4.78 is 0. The Labute approximate surface area is 842 Å². The molecule has 0 radical (unpaired) electrons. The Hall–Kier alpha value is -10.2. The molecule has 0 aliphatic heterocycles. The Bertz CT molecular complexity index is 5800. The molecule has 0 fully saturated rings. The Morgan fingerprint density at radius 1 is 0.379 bits per heavy atom. The molecule has 0 saturated heterocycles. The molecule has 7 heterocycles. The van der Waals surface area contributed by atoms with Crippen LogP contribution in [-0.2, 0) is 50.7 Å². The third-order valence-corrected chi connectivity index (χ3v) is 29.8. The third-order valence-electron chi connectivity index (χ3n) is 27.1. The first-order valence-electron chi connectivity index (χ1n) is 49.8. The molecular weight excluding hydrogens is 1810 g/mol. The van der Waals surface area contributed by atoms with Crippen molar-refractivity contribution in [1.82, 2.24) is 80.7 Å². The molecule has 28 heteroatoms. The van der Waals surface area contributed by atoms with Crippen LogP contribution in [-0.4, -0.2) is 207 Å². The first-order valence-corrected chi connectivity index (χ1v) is 52.3. The minimum absolute atomic E-state index is 0.0715. The number of aliphatic hydroxyl groups excluding tert-OH is 8. The van der Waals surface area contributed by atoms with Gasteiger partial charge in [0, 0.05) is 176 Å². The van der Waals surface area contributed by atoms with E-state index in [1.165, 1.54) is 88.4 Å². The van der Waals surface area contributed by atoms with Gasteiger partial charge in [0.05, 0.1) is 71.8 Å². The number of hydrogen-bond donors (Lipinski definition) is 12. The molecule has 0 unspecified atom stereocenters. The number of aromatic nitrogens is 13. The van der Waals surface area contributed by atoms with Gasteiger partial charge in [0.1, 0.15) is 38.0 Å². The maximum atomic E-state index is 9.76. The van der Waals surface area contributed by atoms with Crippen LogP contribution in [0.15, 0.2) is 183 Å². The molecule has 10 aromatic rings. The largest absolute Gasteiger partial charge is 0.398 e. The Morgan fingerprint density at radius 3 is 1.18 bits per heavy atom. The van der Waals surface area contributed by atoms with Gasteiger partial charge in [0.25, 0.3) is 0 Å². The van der Waals surface area contributed by atoms with Crippen molar-refractivity contribution in [3.8, 4) is 0 Å². The fraction of sp³-hybridized carbons (Fsp3) is 0.455. The number of halogens is 1. The zero-order chi connectivity index (χ0) is 99.7. The number of aliphatic hydroxyl groups is 8. The summed E-state index contributed by atoms with van der Waals surface area (Å²) in [6.07, 6.45) is 45.8. The van der Waals surface area contributed by atoms with Gasteiger partial charge in [-0.15, -0.1) is 11.8 Å². The highest BCUT2D eigenvalue weighted by Crippen LogP contribution is 2.39. The van der Waals surface area contributed by atoms with Gasteiger partial charge in [-0.25, -0.2) is 59.8 Å². The number of anilines is 1. The Kier molecular flexibility index (Phi) is 46.0. The van der Waals surface area contributed by atoms with Crippen molar-refractivity contribution in [2.45, 2.75) is 238 Å². The van der Waals surface area contributed by atoms with Gasteiger partial charge in [0.2, 0.25) is 0 Å². The predicted octanol–water partition coefficient (Wildman–Crippen LogP) is 17.3. The van der Waals surface area contributed by atoms with E-state index in [4.69, 9.17) is 22.4 Å². The van der Waals surface area contributed by atoms with E-state index in [-0.39, 0.29) is 76.2 Å². The normalized spacial score (nSPS) is 15.2. The SMILES string of the molecule is CCCC[C@H](CO)NCC1=CCc2c(C)ncnc21.CC[C@@H](CO)CCC1=CCc2c(N)ccnc21.CC[C@@H](O)[C@@H](CO)NCC1=CCc2c(C)ncnc21.Cc1ncnc2c1CC=C2CC[C@@H](C)CO.Cc1ncnc2c1CC=C2CC[C@H](CO)CSc1ccc(Cl)cc1.Cc1ncnc2c1CC=C2CC[C@H](CO)c1ccccc1.Cc1ncnc2c1CC=C2CN[C@H](CO)CSCc1ccccc1. The fourth-order valence-electron chi connectivity index (χ4n) is 17.9. The highest BCUT2D eigenvalue weighted by atomic mass is 35.5. The number of aryl methyl sites for hydroxylation is 6. The molecule has 3 aromatic carbocycles. The number of thioether (sulfide) groups is 2. The summed E-state index contributed by atoms with van der Waals surface area (Å²) in [5.41, 5.74) is 40.6. The minimum atomic E-state index is -0.529. The molecule has 17 rings (SSSR count). The second-order valence-electron chi connectivity index (χ2n) is 36.8. The number of unbranched alkanes of at least 4 members (excludes halogenated alkanes) is 1. The van der Waals surface area contributed by atoms with Crippen molar-refractivity contribution in [2.75, 3.05) is 83.1 Å². The molecule has 7 aliphatic rings. The lowest BCUT2D eigenvalue weighted by molar-refractivity contribution is 0.0893. The number of fused-ring (bicyclic) bond motifs is 7. The summed E-state index contributed by atoms with van der Waals surface area (Å²) in [6.45, 7) is 23.8. The second-order valence-corrected chi connectivity index (χ2v) is 39.4. The van der Waals surface area contributed by atoms with Gasteiger partial charge in [-0.05, 0) is 249 Å². The second kappa shape index (κ2) is 58.4. The molecular formula is C112H146ClN17O8S2. The lowest BCUT2D eigenvalue weighted by Crippen LogP contribution is -2.43. The molecule has 0 amide bonds. The van der Waals surface area contributed by atoms with E-state index in [0.29, 0.717) is 24.8 Å². The third kappa shape index (κ3) is 32.2. The first kappa shape index (κ1) is 110. The van der Waals surface area contributed by atoms with Gasteiger partial charge in [-0.1, -0.05) is 162 Å². The van der Waals surface area contributed by atoms with Crippen molar-refractivity contribution in [3.05, 3.63) is 307 Å². The molecule has 0 saturated carbocycles. The summed E-state index contributed by atoms with van der Waals surface area (Å²) in [4.78, 5) is 57.4. The fourth-order valence-corrected chi connectivity index (χ4v) is 20.1. The van der Waals surface area contributed by atoms with Crippen molar-refractivity contribution in [1.29, 1.82) is 0 Å². The van der Waals surface area contributed by atoms with Crippen LogP contribution < -0.4 is 21.7 Å². The Balaban J connectivity index is 0.000000157. The molecule has 13 N–H and O–H groups in total. The van der Waals surface area contributed by atoms with Gasteiger partial charge in [-0.2, -0.15) is 11.8 Å². The van der Waals surface area contributed by atoms with E-state index in [0.717, 1.165) is 243 Å². The first-order chi connectivity index (χ1) is 68.1. The van der Waals surface area contributed by atoms with Crippen LogP contribution in [0, 0.1) is 59.3 Å². The van der Waals surface area contributed by atoms with Crippen LogP contribution in [0.2, 0.25) is 5.02 Å². The van der Waals surface area contributed by atoms with E-state index >= 15 is 0 Å². The van der Waals surface area contributed by atoms with Crippen molar-refractivity contribution in [2.24, 2.45) is 17.8 Å². The Morgan fingerprint density at radius 2 is 0.771 bits per heavy atom. The number of allylic oxidation sites excluding steroid dienone is 11. The number of benzene rings is 3. The average Bonchev–Trinajstić information content (AvgIpc) is 1.71. The van der Waals surface area contributed by atoms with Crippen molar-refractivity contribution < 1.29 is 40.9 Å². The standard InChI is InChI=1S/C19H21ClN2OS.C19H23N3OS.C18H20N2O.C15H23N3O.C14H21N3O2.C14H20N2O.C13H18N2O/c1-13-18-9-4-15(19(18)22-12-21-13)3-2-14(10-23)11-24-17-7-5-16(20)6-8-17;1-14-18-8-7-16(19(18)22-13-21-14)9-20-17(10-23)12-24-11-15-5-3-2-4-6-15;1-13-17-10-9-15(18(17)20-12-19-13)7-8-16(11-21)14-5-3-2-4-6-14;1-3-4-5-13(9-19)16-8-12-6-7-14-11(2)17-10-18-15(12)14;1-3-13(19)12(7-18)15-6-10-4-5-11-9(2)16-8-17-14(10)11;1-2-10(9-17)3-4-11-5-6-12-13(15)7-8-16-14(11)12;1-9(7-16)3-4-11-5-6-12-10(2)14-8-15-13(11)12/h4-8,12,14,23H,2-3,9-11H2,1H3;2-7,13,17,20,23H,8-12H2,1H3;2-6,9,12,16,21H,7-8,10-11H2,1H3;6,10,13,16,19H,3-5,7-9H2,1-2H3;4,8,12-13,15,18-19H,3,5-7H2,1-2H3;5,7-8,10,17H,2-4,6,9H2,1H3,(H2,15,16);5,8-9,16H,3-4,6-7H2,1-2H3/t14-;17-;16-;13-;12-,13-;10-;9-/m1111111/s1. The number of nitrogens with one attached hydrogen (secondary N) is 3. The van der Waals surface area contributed by atoms with Crippen LogP contribution in [0.3, 0.4) is 0 Å². The summed E-state index contributed by atoms with van der Waals surface area (Å²) >= 11 is 9.52. The number of pyridine rings is 1. The van der Waals surface area contributed by atoms with Gasteiger partial charge >= 0.3 is 0 Å². The number of nitrogens with zero attached hydrogens (tertiary/aromatic N) is 13. The molecule has 25 nitrogen and oxygen atoms in total. The lowest BCUT2D eigenvalue weighted by Gasteiger charge is -2.21. The molecule has 0 bridgehead atoms. The van der Waals surface area contributed by atoms with Crippen molar-refractivity contribution >= 4 is 79.8 Å². The summed E-state index contributed by atoms with van der Waals surface area (Å²) in [7, 11) is 0. The summed E-state index contributed by atoms with van der Waals surface area (Å²) in [6, 6.07) is 30.4. The molecule has 0 spiro atoms. The quantitative estimate of drug-likeness (QED) is 0.0158. The van der Waals surface area contributed by atoms with E-state index in [2.05, 4.69) is 180 Å². The van der Waals surface area contributed by atoms with Gasteiger partial charge in [0.15, 0.2) is 0 Å². The maximum Gasteiger partial charge on any atom is 0.116 e. The molecule has 7 aliphatic carbocycles. The topological polar surface area (TPSA) is 392 Å². The highest BCUT2D eigenvalue weighted by Gasteiger charge is 2.28. The van der Waals surface area contributed by atoms with E-state index in [1.54, 1.807) is 55.9 Å². The lowest BCUT2D eigenvalue weighted by atomic mass is 9.92. The van der Waals surface area contributed by atoms with Crippen LogP contribution in [0.25, 0.3) is 39.0 Å². The van der Waals surface area contributed by atoms with Crippen LogP contribution in [0.5, 0.6) is 0 Å². The van der Waals surface area contributed by atoms with Gasteiger partial charge in [-0.3, -0.25) is 4.98 Å². The van der Waals surface area contributed by atoms with Crippen molar-refractivity contribution in [3.63, 3.8) is 0 Å². The number of hydrogen-bond acceptors (Lipinski definition) is 27. The zero-order valence-electron chi connectivity index (χ0n) is 83.4. The zero-order valence-corrected chi connectivity index (χ0v) is 85.7. The van der Waals surface area contributed by atoms with Gasteiger partial charge < -0.3 is 62.5 Å². The molecule has 140 heavy (non-hydrogen) atoms. The van der Waals surface area contributed by atoms with Crippen LogP contribution >= 0.6 is 35.1 Å². The van der Waals surface area contributed by atoms with Crippen LogP contribution in [0.4, 0.5) is 5.69 Å². The predicted molar refractivity (Wildman–Crippen MR) is 569 cm³/mol. The minimum Gasteiger partial charge on any atom is -0.398 e. The highest BCUT2D eigenvalue weighted by molar-refractivity contribution is 7.99. The molecule has 8 atom stereocenters. The number of rotatable bonds is 42. The maximum absolute atomic E-state index is 9.76.